The molecule has 0 bridgehead atoms. The Hall–Kier alpha value is -1.36. The first-order valence-corrected chi connectivity index (χ1v) is 7.72. The van der Waals surface area contributed by atoms with Crippen LogP contribution in [0.1, 0.15) is 45.4 Å². The Morgan fingerprint density at radius 2 is 2.20 bits per heavy atom. The van der Waals surface area contributed by atoms with E-state index in [1.54, 1.807) is 17.0 Å². The highest BCUT2D eigenvalue weighted by atomic mass is 16.5. The third-order valence-electron chi connectivity index (χ3n) is 3.68. The monoisotopic (exact) mass is 279 g/mol. The fraction of sp³-hybridized carbons (Fsp3) is 0.733. The molecule has 2 rings (SSSR count). The minimum absolute atomic E-state index is 0.0491. The van der Waals surface area contributed by atoms with E-state index in [9.17, 15) is 4.79 Å². The van der Waals surface area contributed by atoms with E-state index in [0.29, 0.717) is 25.1 Å². The summed E-state index contributed by atoms with van der Waals surface area (Å²) in [5.41, 5.74) is -0.0491. The predicted octanol–water partition coefficient (Wildman–Crippen LogP) is 2.41. The second-order valence-electron chi connectivity index (χ2n) is 5.33. The predicted molar refractivity (Wildman–Crippen MR) is 80.1 cm³/mol. The van der Waals surface area contributed by atoms with Crippen molar-refractivity contribution in [2.75, 3.05) is 18.5 Å². The highest BCUT2D eigenvalue weighted by Crippen LogP contribution is 2.19. The SMILES string of the molecule is CCCn1ccnc(NCCOC2CCCCC2)c1=O. The molecule has 5 nitrogen and oxygen atoms in total. The van der Waals surface area contributed by atoms with Gasteiger partial charge in [0.15, 0.2) is 5.82 Å². The summed E-state index contributed by atoms with van der Waals surface area (Å²) < 4.78 is 7.51. The van der Waals surface area contributed by atoms with Gasteiger partial charge in [0.2, 0.25) is 0 Å². The second kappa shape index (κ2) is 8.04. The number of anilines is 1. The van der Waals surface area contributed by atoms with Crippen molar-refractivity contribution in [1.82, 2.24) is 9.55 Å². The molecule has 1 aliphatic carbocycles. The van der Waals surface area contributed by atoms with Crippen LogP contribution in [0.2, 0.25) is 0 Å². The lowest BCUT2D eigenvalue weighted by Crippen LogP contribution is -2.26. The Labute approximate surface area is 120 Å². The number of nitrogens with one attached hydrogen (secondary N) is 1. The van der Waals surface area contributed by atoms with E-state index in [1.165, 1.54) is 32.1 Å². The van der Waals surface area contributed by atoms with E-state index in [2.05, 4.69) is 17.2 Å². The Bertz CT molecular complexity index is 453. The molecule has 1 N–H and O–H groups in total. The Morgan fingerprint density at radius 3 is 2.95 bits per heavy atom. The molecule has 0 unspecified atom stereocenters. The lowest BCUT2D eigenvalue weighted by Gasteiger charge is -2.22. The van der Waals surface area contributed by atoms with E-state index >= 15 is 0 Å². The van der Waals surface area contributed by atoms with Crippen molar-refractivity contribution in [2.24, 2.45) is 0 Å². The van der Waals surface area contributed by atoms with Crippen molar-refractivity contribution in [3.8, 4) is 0 Å². The second-order valence-corrected chi connectivity index (χ2v) is 5.33. The summed E-state index contributed by atoms with van der Waals surface area (Å²) in [4.78, 5) is 16.2. The highest BCUT2D eigenvalue weighted by molar-refractivity contribution is 5.30. The molecule has 1 aromatic heterocycles. The largest absolute Gasteiger partial charge is 0.376 e. The van der Waals surface area contributed by atoms with Gasteiger partial charge in [-0.25, -0.2) is 4.98 Å². The lowest BCUT2D eigenvalue weighted by atomic mass is 9.98. The molecule has 0 radical (unpaired) electrons. The molecule has 1 aliphatic rings. The number of hydrogen-bond donors (Lipinski definition) is 1. The van der Waals surface area contributed by atoms with Gasteiger partial charge in [-0.1, -0.05) is 26.2 Å². The van der Waals surface area contributed by atoms with E-state index in [1.807, 2.05) is 0 Å². The van der Waals surface area contributed by atoms with Crippen LogP contribution < -0.4 is 10.9 Å². The molecule has 0 atom stereocenters. The maximum absolute atomic E-state index is 12.1. The number of aromatic nitrogens is 2. The lowest BCUT2D eigenvalue weighted by molar-refractivity contribution is 0.0347. The molecule has 0 spiro atoms. The molecule has 1 heterocycles. The van der Waals surface area contributed by atoms with Crippen LogP contribution >= 0.6 is 0 Å². The van der Waals surface area contributed by atoms with Crippen molar-refractivity contribution in [1.29, 1.82) is 0 Å². The number of hydrogen-bond acceptors (Lipinski definition) is 4. The minimum Gasteiger partial charge on any atom is -0.376 e. The fourth-order valence-corrected chi connectivity index (χ4v) is 2.61. The normalized spacial score (nSPS) is 16.2. The van der Waals surface area contributed by atoms with Gasteiger partial charge in [0, 0.05) is 25.5 Å². The van der Waals surface area contributed by atoms with Gasteiger partial charge >= 0.3 is 0 Å². The van der Waals surface area contributed by atoms with Crippen molar-refractivity contribution >= 4 is 5.82 Å². The van der Waals surface area contributed by atoms with E-state index in [-0.39, 0.29) is 5.56 Å². The van der Waals surface area contributed by atoms with Crippen molar-refractivity contribution in [3.63, 3.8) is 0 Å². The van der Waals surface area contributed by atoms with E-state index in [0.717, 1.165) is 13.0 Å². The molecule has 0 saturated heterocycles. The zero-order valence-corrected chi connectivity index (χ0v) is 12.3. The molecule has 0 aromatic carbocycles. The summed E-state index contributed by atoms with van der Waals surface area (Å²) in [7, 11) is 0. The first-order chi connectivity index (χ1) is 9.81. The average molecular weight is 279 g/mol. The minimum atomic E-state index is -0.0491. The molecule has 112 valence electrons. The quantitative estimate of drug-likeness (QED) is 0.779. The summed E-state index contributed by atoms with van der Waals surface area (Å²) in [6.45, 7) is 4.05. The summed E-state index contributed by atoms with van der Waals surface area (Å²) >= 11 is 0. The maximum Gasteiger partial charge on any atom is 0.293 e. The molecule has 0 aliphatic heterocycles. The van der Waals surface area contributed by atoms with Crippen LogP contribution in [0.3, 0.4) is 0 Å². The fourth-order valence-electron chi connectivity index (χ4n) is 2.61. The Balaban J connectivity index is 1.76. The number of ether oxygens (including phenoxy) is 1. The van der Waals surface area contributed by atoms with Crippen molar-refractivity contribution in [2.45, 2.75) is 58.1 Å². The van der Waals surface area contributed by atoms with Crippen molar-refractivity contribution in [3.05, 3.63) is 22.7 Å². The van der Waals surface area contributed by atoms with Gasteiger partial charge in [-0.15, -0.1) is 0 Å². The van der Waals surface area contributed by atoms with Gasteiger partial charge in [-0.05, 0) is 19.3 Å². The van der Waals surface area contributed by atoms with Crippen molar-refractivity contribution < 1.29 is 4.74 Å². The van der Waals surface area contributed by atoms with Gasteiger partial charge in [0.05, 0.1) is 12.7 Å². The van der Waals surface area contributed by atoms with E-state index < -0.39 is 0 Å². The summed E-state index contributed by atoms with van der Waals surface area (Å²) in [6, 6.07) is 0. The van der Waals surface area contributed by atoms with E-state index in [4.69, 9.17) is 4.74 Å². The van der Waals surface area contributed by atoms with Gasteiger partial charge < -0.3 is 14.6 Å². The van der Waals surface area contributed by atoms with Gasteiger partial charge in [-0.2, -0.15) is 0 Å². The standard InChI is InChI=1S/C15H25N3O2/c1-2-10-18-11-8-16-14(15(18)19)17-9-12-20-13-6-4-3-5-7-13/h8,11,13H,2-7,9-10,12H2,1H3,(H,16,17). The Morgan fingerprint density at radius 1 is 1.40 bits per heavy atom. The number of nitrogens with zero attached hydrogens (tertiary/aromatic N) is 2. The number of rotatable bonds is 7. The van der Waals surface area contributed by atoms with Crippen LogP contribution in [0.25, 0.3) is 0 Å². The van der Waals surface area contributed by atoms with Gasteiger partial charge in [0.1, 0.15) is 0 Å². The molecule has 0 amide bonds. The molecule has 20 heavy (non-hydrogen) atoms. The Kier molecular flexibility index (Phi) is 6.05. The average Bonchev–Trinajstić information content (AvgIpc) is 2.48. The molecule has 5 heteroatoms. The zero-order chi connectivity index (χ0) is 14.2. The summed E-state index contributed by atoms with van der Waals surface area (Å²) in [5.74, 6) is 0.424. The first-order valence-electron chi connectivity index (χ1n) is 7.72. The van der Waals surface area contributed by atoms with Crippen LogP contribution in [-0.2, 0) is 11.3 Å². The smallest absolute Gasteiger partial charge is 0.293 e. The van der Waals surface area contributed by atoms with Crippen LogP contribution in [0.4, 0.5) is 5.82 Å². The number of aryl methyl sites for hydroxylation is 1. The third kappa shape index (κ3) is 4.34. The molecule has 1 aromatic rings. The zero-order valence-electron chi connectivity index (χ0n) is 12.3. The van der Waals surface area contributed by atoms with Gasteiger partial charge in [-0.3, -0.25) is 4.79 Å². The maximum atomic E-state index is 12.1. The molecule has 1 fully saturated rings. The van der Waals surface area contributed by atoms with Crippen LogP contribution in [0.5, 0.6) is 0 Å². The molecular formula is C15H25N3O2. The van der Waals surface area contributed by atoms with Crippen LogP contribution in [-0.4, -0.2) is 28.8 Å². The molecule has 1 saturated carbocycles. The summed E-state index contributed by atoms with van der Waals surface area (Å²) in [6.07, 6.45) is 11.0. The van der Waals surface area contributed by atoms with Crippen LogP contribution in [0.15, 0.2) is 17.2 Å². The van der Waals surface area contributed by atoms with Gasteiger partial charge in [0.25, 0.3) is 5.56 Å². The third-order valence-corrected chi connectivity index (χ3v) is 3.68. The van der Waals surface area contributed by atoms with Crippen LogP contribution in [0, 0.1) is 0 Å². The highest BCUT2D eigenvalue weighted by Gasteiger charge is 2.13. The first kappa shape index (κ1) is 15.0. The summed E-state index contributed by atoms with van der Waals surface area (Å²) in [5, 5.41) is 3.08. The topological polar surface area (TPSA) is 56.1 Å². The molecular weight excluding hydrogens is 254 g/mol.